The molecule has 0 saturated heterocycles. The van der Waals surface area contributed by atoms with Gasteiger partial charge in [-0.3, -0.25) is 0 Å². The number of ether oxygens (including phenoxy) is 1. The highest BCUT2D eigenvalue weighted by Gasteiger charge is 2.05. The van der Waals surface area contributed by atoms with Crippen LogP contribution in [0.3, 0.4) is 0 Å². The van der Waals surface area contributed by atoms with Gasteiger partial charge < -0.3 is 10.1 Å². The molecule has 0 fully saturated rings. The molecule has 2 nitrogen and oxygen atoms in total. The maximum absolute atomic E-state index is 5.43. The van der Waals surface area contributed by atoms with Gasteiger partial charge in [0.1, 0.15) is 5.75 Å². The zero-order chi connectivity index (χ0) is 13.5. The van der Waals surface area contributed by atoms with Gasteiger partial charge in [0.2, 0.25) is 0 Å². The summed E-state index contributed by atoms with van der Waals surface area (Å²) >= 11 is 0. The summed E-state index contributed by atoms with van der Waals surface area (Å²) in [6.45, 7) is 4.17. The van der Waals surface area contributed by atoms with Crippen LogP contribution >= 0.6 is 0 Å². The zero-order valence-electron chi connectivity index (χ0n) is 11.6. The fourth-order valence-electron chi connectivity index (χ4n) is 2.19. The SMILES string of the molecule is CCNCCc1cccc(-c2ccccc2OC)c1. The molecule has 0 aliphatic rings. The van der Waals surface area contributed by atoms with E-state index in [-0.39, 0.29) is 0 Å². The average molecular weight is 255 g/mol. The Morgan fingerprint density at radius 1 is 1.05 bits per heavy atom. The third-order valence-electron chi connectivity index (χ3n) is 3.19. The second-order valence-electron chi connectivity index (χ2n) is 4.50. The van der Waals surface area contributed by atoms with Crippen molar-refractivity contribution >= 4 is 0 Å². The van der Waals surface area contributed by atoms with Crippen LogP contribution in [-0.2, 0) is 6.42 Å². The average Bonchev–Trinajstić information content (AvgIpc) is 2.48. The Bertz CT molecular complexity index is 522. The lowest BCUT2D eigenvalue weighted by atomic mass is 10.0. The van der Waals surface area contributed by atoms with Gasteiger partial charge in [0.25, 0.3) is 0 Å². The lowest BCUT2D eigenvalue weighted by Gasteiger charge is -2.10. The number of methoxy groups -OCH3 is 1. The fraction of sp³-hybridized carbons (Fsp3) is 0.294. The van der Waals surface area contributed by atoms with Crippen LogP contribution in [0.25, 0.3) is 11.1 Å². The van der Waals surface area contributed by atoms with E-state index in [9.17, 15) is 0 Å². The van der Waals surface area contributed by atoms with E-state index in [0.717, 1.165) is 30.8 Å². The molecular formula is C17H21NO. The van der Waals surface area contributed by atoms with Crippen LogP contribution < -0.4 is 10.1 Å². The standard InChI is InChI=1S/C17H21NO/c1-3-18-12-11-14-7-6-8-15(13-14)16-9-4-5-10-17(16)19-2/h4-10,13,18H,3,11-12H2,1-2H3. The quantitative estimate of drug-likeness (QED) is 0.797. The number of hydrogen-bond acceptors (Lipinski definition) is 2. The summed E-state index contributed by atoms with van der Waals surface area (Å²) in [5.41, 5.74) is 3.71. The van der Waals surface area contributed by atoms with Gasteiger partial charge in [-0.05, 0) is 36.7 Å². The lowest BCUT2D eigenvalue weighted by Crippen LogP contribution is -2.15. The van der Waals surface area contributed by atoms with Gasteiger partial charge in [-0.15, -0.1) is 0 Å². The Hall–Kier alpha value is -1.80. The molecule has 0 atom stereocenters. The summed E-state index contributed by atoms with van der Waals surface area (Å²) in [5.74, 6) is 0.923. The number of rotatable bonds is 6. The number of benzene rings is 2. The van der Waals surface area contributed by atoms with Gasteiger partial charge in [0.05, 0.1) is 7.11 Å². The summed E-state index contributed by atoms with van der Waals surface area (Å²) < 4.78 is 5.43. The number of nitrogens with one attached hydrogen (secondary N) is 1. The number of para-hydroxylation sites is 1. The molecule has 0 amide bonds. The molecular weight excluding hydrogens is 234 g/mol. The van der Waals surface area contributed by atoms with Crippen LogP contribution in [-0.4, -0.2) is 20.2 Å². The van der Waals surface area contributed by atoms with Crippen molar-refractivity contribution < 1.29 is 4.74 Å². The molecule has 0 aromatic heterocycles. The first-order valence-corrected chi connectivity index (χ1v) is 6.78. The van der Waals surface area contributed by atoms with Crippen LogP contribution in [0.2, 0.25) is 0 Å². The minimum Gasteiger partial charge on any atom is -0.496 e. The highest BCUT2D eigenvalue weighted by atomic mass is 16.5. The largest absolute Gasteiger partial charge is 0.496 e. The van der Waals surface area contributed by atoms with Crippen molar-refractivity contribution in [2.24, 2.45) is 0 Å². The van der Waals surface area contributed by atoms with Crippen molar-refractivity contribution in [2.45, 2.75) is 13.3 Å². The van der Waals surface area contributed by atoms with E-state index in [0.29, 0.717) is 0 Å². The number of likely N-dealkylation sites (N-methyl/N-ethyl adjacent to an activating group) is 1. The molecule has 19 heavy (non-hydrogen) atoms. The molecule has 0 aliphatic heterocycles. The summed E-state index contributed by atoms with van der Waals surface area (Å²) in [5, 5.41) is 3.35. The van der Waals surface area contributed by atoms with Crippen LogP contribution in [0, 0.1) is 0 Å². The highest BCUT2D eigenvalue weighted by Crippen LogP contribution is 2.29. The van der Waals surface area contributed by atoms with Crippen molar-refractivity contribution in [3.05, 3.63) is 54.1 Å². The van der Waals surface area contributed by atoms with Crippen molar-refractivity contribution in [3.63, 3.8) is 0 Å². The first-order chi connectivity index (χ1) is 9.35. The minimum absolute atomic E-state index is 0.923. The van der Waals surface area contributed by atoms with E-state index < -0.39 is 0 Å². The third-order valence-corrected chi connectivity index (χ3v) is 3.19. The Morgan fingerprint density at radius 2 is 1.89 bits per heavy atom. The predicted molar refractivity (Wildman–Crippen MR) is 80.7 cm³/mol. The monoisotopic (exact) mass is 255 g/mol. The van der Waals surface area contributed by atoms with E-state index in [4.69, 9.17) is 4.74 Å². The van der Waals surface area contributed by atoms with Crippen molar-refractivity contribution in [1.82, 2.24) is 5.32 Å². The molecule has 1 N–H and O–H groups in total. The molecule has 2 aromatic rings. The van der Waals surface area contributed by atoms with E-state index in [1.807, 2.05) is 18.2 Å². The van der Waals surface area contributed by atoms with Crippen molar-refractivity contribution in [2.75, 3.05) is 20.2 Å². The Morgan fingerprint density at radius 3 is 2.68 bits per heavy atom. The molecule has 2 aromatic carbocycles. The van der Waals surface area contributed by atoms with Gasteiger partial charge >= 0.3 is 0 Å². The normalized spacial score (nSPS) is 10.4. The molecule has 0 heterocycles. The molecule has 0 radical (unpaired) electrons. The van der Waals surface area contributed by atoms with Crippen molar-refractivity contribution in [3.8, 4) is 16.9 Å². The van der Waals surface area contributed by atoms with E-state index in [1.54, 1.807) is 7.11 Å². The minimum atomic E-state index is 0.923. The second kappa shape index (κ2) is 6.95. The van der Waals surface area contributed by atoms with E-state index in [1.165, 1.54) is 11.1 Å². The molecule has 0 spiro atoms. The summed E-state index contributed by atoms with van der Waals surface area (Å²) in [4.78, 5) is 0. The molecule has 2 rings (SSSR count). The first-order valence-electron chi connectivity index (χ1n) is 6.78. The summed E-state index contributed by atoms with van der Waals surface area (Å²) in [7, 11) is 1.72. The molecule has 0 aliphatic carbocycles. The number of hydrogen-bond donors (Lipinski definition) is 1. The second-order valence-corrected chi connectivity index (χ2v) is 4.50. The van der Waals surface area contributed by atoms with E-state index >= 15 is 0 Å². The lowest BCUT2D eigenvalue weighted by molar-refractivity contribution is 0.416. The zero-order valence-corrected chi connectivity index (χ0v) is 11.6. The van der Waals surface area contributed by atoms with Crippen LogP contribution in [0.1, 0.15) is 12.5 Å². The van der Waals surface area contributed by atoms with Gasteiger partial charge in [-0.25, -0.2) is 0 Å². The highest BCUT2D eigenvalue weighted by molar-refractivity contribution is 5.70. The van der Waals surface area contributed by atoms with Crippen LogP contribution in [0.5, 0.6) is 5.75 Å². The summed E-state index contributed by atoms with van der Waals surface area (Å²) in [6, 6.07) is 16.8. The molecule has 2 heteroatoms. The Balaban J connectivity index is 2.22. The first kappa shape index (κ1) is 13.6. The van der Waals surface area contributed by atoms with E-state index in [2.05, 4.69) is 42.6 Å². The van der Waals surface area contributed by atoms with Crippen LogP contribution in [0.15, 0.2) is 48.5 Å². The topological polar surface area (TPSA) is 21.3 Å². The van der Waals surface area contributed by atoms with Gasteiger partial charge in [0, 0.05) is 5.56 Å². The fourth-order valence-corrected chi connectivity index (χ4v) is 2.19. The Kier molecular flexibility index (Phi) is 4.99. The molecule has 100 valence electrons. The molecule has 0 unspecified atom stereocenters. The Labute approximate surface area is 115 Å². The predicted octanol–water partition coefficient (Wildman–Crippen LogP) is 3.51. The summed E-state index contributed by atoms with van der Waals surface area (Å²) in [6.07, 6.45) is 1.05. The van der Waals surface area contributed by atoms with Gasteiger partial charge in [0.15, 0.2) is 0 Å². The van der Waals surface area contributed by atoms with Crippen LogP contribution in [0.4, 0.5) is 0 Å². The van der Waals surface area contributed by atoms with Crippen molar-refractivity contribution in [1.29, 1.82) is 0 Å². The molecule has 0 bridgehead atoms. The smallest absolute Gasteiger partial charge is 0.126 e. The maximum Gasteiger partial charge on any atom is 0.126 e. The van der Waals surface area contributed by atoms with Gasteiger partial charge in [-0.1, -0.05) is 49.4 Å². The maximum atomic E-state index is 5.43. The third kappa shape index (κ3) is 3.58. The van der Waals surface area contributed by atoms with Gasteiger partial charge in [-0.2, -0.15) is 0 Å². The molecule has 0 saturated carbocycles.